The standard InChI is InChI=1S/C7H16O2/c1-6(8-3)5-7(2)9-4/h6-7H,5H2,1-4H3. The Bertz CT molecular complexity index is 55.9. The zero-order valence-corrected chi connectivity index (χ0v) is 6.68. The van der Waals surface area contributed by atoms with Crippen LogP contribution in [0.3, 0.4) is 0 Å². The second kappa shape index (κ2) is 4.77. The van der Waals surface area contributed by atoms with Gasteiger partial charge in [0, 0.05) is 14.2 Å². The Balaban J connectivity index is 3.22. The van der Waals surface area contributed by atoms with Gasteiger partial charge in [-0.25, -0.2) is 0 Å². The van der Waals surface area contributed by atoms with Crippen LogP contribution in [0.1, 0.15) is 20.3 Å². The molecule has 0 amide bonds. The maximum absolute atomic E-state index is 5.04. The van der Waals surface area contributed by atoms with Crippen LogP contribution >= 0.6 is 0 Å². The molecule has 0 aromatic heterocycles. The van der Waals surface area contributed by atoms with E-state index in [1.807, 2.05) is 13.8 Å². The normalized spacial score (nSPS) is 17.3. The summed E-state index contributed by atoms with van der Waals surface area (Å²) in [5, 5.41) is 0. The molecule has 0 aliphatic rings. The van der Waals surface area contributed by atoms with Crippen LogP contribution in [0.2, 0.25) is 0 Å². The van der Waals surface area contributed by atoms with Gasteiger partial charge in [-0.1, -0.05) is 0 Å². The minimum Gasteiger partial charge on any atom is -0.382 e. The van der Waals surface area contributed by atoms with Crippen molar-refractivity contribution >= 4 is 0 Å². The summed E-state index contributed by atoms with van der Waals surface area (Å²) < 4.78 is 10.1. The van der Waals surface area contributed by atoms with Gasteiger partial charge in [0.25, 0.3) is 0 Å². The molecule has 0 saturated heterocycles. The van der Waals surface area contributed by atoms with E-state index in [0.29, 0.717) is 12.2 Å². The smallest absolute Gasteiger partial charge is 0.0567 e. The highest BCUT2D eigenvalue weighted by molar-refractivity contribution is 4.55. The van der Waals surface area contributed by atoms with Gasteiger partial charge < -0.3 is 9.47 Å². The number of rotatable bonds is 4. The molecule has 0 N–H and O–H groups in total. The lowest BCUT2D eigenvalue weighted by Gasteiger charge is -2.13. The van der Waals surface area contributed by atoms with Gasteiger partial charge in [0.2, 0.25) is 0 Å². The Morgan fingerprint density at radius 3 is 1.56 bits per heavy atom. The largest absolute Gasteiger partial charge is 0.382 e. The molecule has 0 spiro atoms. The van der Waals surface area contributed by atoms with E-state index in [1.165, 1.54) is 0 Å². The van der Waals surface area contributed by atoms with Crippen LogP contribution in [0.5, 0.6) is 0 Å². The lowest BCUT2D eigenvalue weighted by molar-refractivity contribution is 0.0397. The SMILES string of the molecule is COC(C)CC(C)OC. The molecule has 0 fully saturated rings. The molecule has 0 bridgehead atoms. The molecule has 0 rings (SSSR count). The molecule has 9 heavy (non-hydrogen) atoms. The first kappa shape index (κ1) is 8.92. The highest BCUT2D eigenvalue weighted by atomic mass is 16.5. The number of hydrogen-bond acceptors (Lipinski definition) is 2. The predicted molar refractivity (Wildman–Crippen MR) is 37.6 cm³/mol. The lowest BCUT2D eigenvalue weighted by Crippen LogP contribution is -2.15. The molecular weight excluding hydrogens is 116 g/mol. The van der Waals surface area contributed by atoms with Crippen molar-refractivity contribution in [1.82, 2.24) is 0 Å². The summed E-state index contributed by atoms with van der Waals surface area (Å²) in [6.07, 6.45) is 1.58. The molecule has 0 aromatic carbocycles. The van der Waals surface area contributed by atoms with Gasteiger partial charge in [-0.3, -0.25) is 0 Å². The van der Waals surface area contributed by atoms with Crippen LogP contribution < -0.4 is 0 Å². The molecule has 0 aromatic rings. The average Bonchev–Trinajstić information content (AvgIpc) is 1.87. The molecule has 2 unspecified atom stereocenters. The fourth-order valence-corrected chi connectivity index (χ4v) is 0.660. The molecular formula is C7H16O2. The van der Waals surface area contributed by atoms with Gasteiger partial charge in [0.15, 0.2) is 0 Å². The lowest BCUT2D eigenvalue weighted by atomic mass is 10.2. The molecule has 0 heterocycles. The fraction of sp³-hybridized carbons (Fsp3) is 1.00. The van der Waals surface area contributed by atoms with Crippen molar-refractivity contribution in [3.63, 3.8) is 0 Å². The Morgan fingerprint density at radius 2 is 1.33 bits per heavy atom. The third-order valence-electron chi connectivity index (χ3n) is 1.47. The summed E-state index contributed by atoms with van der Waals surface area (Å²) in [6.45, 7) is 4.07. The Hall–Kier alpha value is -0.0800. The van der Waals surface area contributed by atoms with Gasteiger partial charge in [0.1, 0.15) is 0 Å². The van der Waals surface area contributed by atoms with Crippen molar-refractivity contribution in [1.29, 1.82) is 0 Å². The van der Waals surface area contributed by atoms with Gasteiger partial charge in [0.05, 0.1) is 12.2 Å². The first-order valence-corrected chi connectivity index (χ1v) is 3.26. The van der Waals surface area contributed by atoms with Crippen LogP contribution in [0.25, 0.3) is 0 Å². The van der Waals surface area contributed by atoms with Crippen LogP contribution in [0.4, 0.5) is 0 Å². The van der Waals surface area contributed by atoms with E-state index in [-0.39, 0.29) is 0 Å². The van der Waals surface area contributed by atoms with Crippen molar-refractivity contribution in [2.24, 2.45) is 0 Å². The van der Waals surface area contributed by atoms with E-state index >= 15 is 0 Å². The maximum atomic E-state index is 5.04. The van der Waals surface area contributed by atoms with Crippen molar-refractivity contribution in [3.05, 3.63) is 0 Å². The number of hydrogen-bond donors (Lipinski definition) is 0. The number of methoxy groups -OCH3 is 2. The van der Waals surface area contributed by atoms with Gasteiger partial charge in [-0.2, -0.15) is 0 Å². The van der Waals surface area contributed by atoms with E-state index in [9.17, 15) is 0 Å². The van der Waals surface area contributed by atoms with E-state index in [1.54, 1.807) is 14.2 Å². The molecule has 0 saturated carbocycles. The zero-order chi connectivity index (χ0) is 7.28. The summed E-state index contributed by atoms with van der Waals surface area (Å²) in [7, 11) is 3.43. The topological polar surface area (TPSA) is 18.5 Å². The molecule has 2 nitrogen and oxygen atoms in total. The Morgan fingerprint density at radius 1 is 1.00 bits per heavy atom. The summed E-state index contributed by atoms with van der Waals surface area (Å²) in [5.41, 5.74) is 0. The summed E-state index contributed by atoms with van der Waals surface area (Å²) in [4.78, 5) is 0. The monoisotopic (exact) mass is 132 g/mol. The first-order valence-electron chi connectivity index (χ1n) is 3.26. The van der Waals surface area contributed by atoms with E-state index < -0.39 is 0 Å². The summed E-state index contributed by atoms with van der Waals surface area (Å²) in [6, 6.07) is 0. The summed E-state index contributed by atoms with van der Waals surface area (Å²) in [5.74, 6) is 0. The second-order valence-corrected chi connectivity index (χ2v) is 2.33. The molecule has 2 atom stereocenters. The maximum Gasteiger partial charge on any atom is 0.0567 e. The predicted octanol–water partition coefficient (Wildman–Crippen LogP) is 1.45. The van der Waals surface area contributed by atoms with Crippen LogP contribution in [-0.4, -0.2) is 26.4 Å². The highest BCUT2D eigenvalue weighted by Crippen LogP contribution is 2.02. The third kappa shape index (κ3) is 4.43. The molecule has 0 radical (unpaired) electrons. The Labute approximate surface area is 57.2 Å². The van der Waals surface area contributed by atoms with Crippen molar-refractivity contribution in [2.45, 2.75) is 32.5 Å². The second-order valence-electron chi connectivity index (χ2n) is 2.33. The van der Waals surface area contributed by atoms with Crippen LogP contribution in [0, 0.1) is 0 Å². The van der Waals surface area contributed by atoms with Gasteiger partial charge in [-0.15, -0.1) is 0 Å². The fourth-order valence-electron chi connectivity index (χ4n) is 0.660. The van der Waals surface area contributed by atoms with Gasteiger partial charge in [-0.05, 0) is 20.3 Å². The van der Waals surface area contributed by atoms with E-state index in [0.717, 1.165) is 6.42 Å². The van der Waals surface area contributed by atoms with E-state index in [2.05, 4.69) is 0 Å². The van der Waals surface area contributed by atoms with Crippen molar-refractivity contribution in [2.75, 3.05) is 14.2 Å². The Kier molecular flexibility index (Phi) is 4.72. The van der Waals surface area contributed by atoms with E-state index in [4.69, 9.17) is 9.47 Å². The number of ether oxygens (including phenoxy) is 2. The molecule has 2 heteroatoms. The van der Waals surface area contributed by atoms with Crippen molar-refractivity contribution < 1.29 is 9.47 Å². The molecule has 0 aliphatic carbocycles. The minimum atomic E-state index is 0.306. The van der Waals surface area contributed by atoms with Crippen LogP contribution in [0.15, 0.2) is 0 Å². The highest BCUT2D eigenvalue weighted by Gasteiger charge is 2.04. The zero-order valence-electron chi connectivity index (χ0n) is 6.68. The quantitative estimate of drug-likeness (QED) is 0.576. The van der Waals surface area contributed by atoms with Crippen LogP contribution in [-0.2, 0) is 9.47 Å². The molecule has 0 aliphatic heterocycles. The van der Waals surface area contributed by atoms with Gasteiger partial charge >= 0.3 is 0 Å². The average molecular weight is 132 g/mol. The minimum absolute atomic E-state index is 0.306. The molecule has 56 valence electrons. The third-order valence-corrected chi connectivity index (χ3v) is 1.47. The summed E-state index contributed by atoms with van der Waals surface area (Å²) >= 11 is 0. The van der Waals surface area contributed by atoms with Crippen molar-refractivity contribution in [3.8, 4) is 0 Å². The first-order chi connectivity index (χ1) is 4.20.